The predicted molar refractivity (Wildman–Crippen MR) is 151 cm³/mol. The first-order valence-corrected chi connectivity index (χ1v) is 14.8. The van der Waals surface area contributed by atoms with Crippen LogP contribution in [0.1, 0.15) is 24.8 Å². The molecule has 0 spiro atoms. The maximum atomic E-state index is 13.7. The van der Waals surface area contributed by atoms with Crippen LogP contribution in [0, 0.1) is 5.41 Å². The lowest BCUT2D eigenvalue weighted by Crippen LogP contribution is -2.50. The first kappa shape index (κ1) is 28.7. The van der Waals surface area contributed by atoms with E-state index in [1.807, 2.05) is 30.3 Å². The minimum atomic E-state index is -3.96. The molecule has 38 heavy (non-hydrogen) atoms. The Morgan fingerprint density at radius 2 is 1.68 bits per heavy atom. The molecule has 1 fully saturated rings. The molecule has 0 aliphatic carbocycles. The average molecular weight is 596 g/mol. The highest BCUT2D eigenvalue weighted by Crippen LogP contribution is 2.39. The number of carbonyl (C=O) groups excluding carboxylic acids is 1. The Bertz CT molecular complexity index is 1370. The highest BCUT2D eigenvalue weighted by molar-refractivity contribution is 7.89. The van der Waals surface area contributed by atoms with Crippen LogP contribution < -0.4 is 4.74 Å². The van der Waals surface area contributed by atoms with Gasteiger partial charge in [0.15, 0.2) is 0 Å². The number of hydrogen-bond acceptors (Lipinski definition) is 4. The van der Waals surface area contributed by atoms with Gasteiger partial charge in [0.1, 0.15) is 10.6 Å². The fourth-order valence-corrected chi connectivity index (χ4v) is 7.12. The van der Waals surface area contributed by atoms with Gasteiger partial charge >= 0.3 is 0 Å². The van der Waals surface area contributed by atoms with E-state index in [-0.39, 0.29) is 40.4 Å². The molecular weight excluding hydrogens is 567 g/mol. The Hall–Kier alpha value is -2.29. The zero-order valence-electron chi connectivity index (χ0n) is 20.9. The van der Waals surface area contributed by atoms with Gasteiger partial charge < -0.3 is 9.64 Å². The normalized spacial score (nSPS) is 18.2. The summed E-state index contributed by atoms with van der Waals surface area (Å²) in [5.74, 6) is 0.505. The minimum absolute atomic E-state index is 0.0476. The quantitative estimate of drug-likeness (QED) is 0.282. The molecule has 1 atom stereocenters. The zero-order valence-corrected chi connectivity index (χ0v) is 24.0. The van der Waals surface area contributed by atoms with E-state index in [1.165, 1.54) is 16.4 Å². The van der Waals surface area contributed by atoms with Crippen LogP contribution in [0.5, 0.6) is 5.75 Å². The van der Waals surface area contributed by atoms with Crippen LogP contribution in [0.4, 0.5) is 0 Å². The standard InChI is InChI=1S/C28H29Cl3N2O4S/c1-32(18-21-6-3-2-4-7-21)27(34)17-28(20-37-24-11-8-22(29)9-12-24)14-5-15-33(19-28)38(35,36)26-16-23(30)10-13-25(26)31/h2-4,6-13,16H,5,14-15,17-20H2,1H3. The van der Waals surface area contributed by atoms with Crippen LogP contribution in [0.3, 0.4) is 0 Å². The first-order valence-electron chi connectivity index (χ1n) is 12.2. The average Bonchev–Trinajstić information content (AvgIpc) is 2.90. The number of halogens is 3. The third-order valence-corrected chi connectivity index (χ3v) is 9.52. The number of ether oxygens (including phenoxy) is 1. The van der Waals surface area contributed by atoms with Crippen molar-refractivity contribution in [2.24, 2.45) is 5.41 Å². The van der Waals surface area contributed by atoms with Crippen LogP contribution >= 0.6 is 34.8 Å². The SMILES string of the molecule is CN(Cc1ccccc1)C(=O)CC1(COc2ccc(Cl)cc2)CCCN(S(=O)(=O)c2cc(Cl)ccc2Cl)C1. The van der Waals surface area contributed by atoms with Gasteiger partial charge in [0, 0.05) is 48.6 Å². The van der Waals surface area contributed by atoms with Crippen molar-refractivity contribution in [3.05, 3.63) is 93.4 Å². The topological polar surface area (TPSA) is 66.9 Å². The summed E-state index contributed by atoms with van der Waals surface area (Å²) in [6.07, 6.45) is 1.32. The van der Waals surface area contributed by atoms with Gasteiger partial charge in [0.05, 0.1) is 11.6 Å². The van der Waals surface area contributed by atoms with Crippen molar-refractivity contribution in [1.82, 2.24) is 9.21 Å². The molecule has 10 heteroatoms. The van der Waals surface area contributed by atoms with Crippen molar-refractivity contribution < 1.29 is 17.9 Å². The molecule has 0 N–H and O–H groups in total. The first-order chi connectivity index (χ1) is 18.1. The molecule has 202 valence electrons. The highest BCUT2D eigenvalue weighted by Gasteiger charge is 2.43. The van der Waals surface area contributed by atoms with Crippen LogP contribution in [0.25, 0.3) is 0 Å². The van der Waals surface area contributed by atoms with Gasteiger partial charge in [-0.05, 0) is 60.9 Å². The molecule has 1 saturated heterocycles. The summed E-state index contributed by atoms with van der Waals surface area (Å²) >= 11 is 18.4. The Morgan fingerprint density at radius 1 is 1.00 bits per heavy atom. The molecule has 0 radical (unpaired) electrons. The van der Waals surface area contributed by atoms with E-state index in [1.54, 1.807) is 42.3 Å². The summed E-state index contributed by atoms with van der Waals surface area (Å²) in [4.78, 5) is 15.1. The van der Waals surface area contributed by atoms with Crippen molar-refractivity contribution in [2.75, 3.05) is 26.7 Å². The van der Waals surface area contributed by atoms with Gasteiger partial charge in [-0.25, -0.2) is 8.42 Å². The Labute approximate surface area is 239 Å². The van der Waals surface area contributed by atoms with Crippen molar-refractivity contribution in [3.63, 3.8) is 0 Å². The van der Waals surface area contributed by atoms with Crippen molar-refractivity contribution in [2.45, 2.75) is 30.7 Å². The molecule has 0 aromatic heterocycles. The highest BCUT2D eigenvalue weighted by atomic mass is 35.5. The summed E-state index contributed by atoms with van der Waals surface area (Å²) in [6, 6.07) is 21.0. The van der Waals surface area contributed by atoms with Crippen LogP contribution in [0.15, 0.2) is 77.7 Å². The zero-order chi connectivity index (χ0) is 27.3. The van der Waals surface area contributed by atoms with Crippen LogP contribution in [-0.2, 0) is 21.4 Å². The molecule has 3 aromatic rings. The summed E-state index contributed by atoms with van der Waals surface area (Å²) in [7, 11) is -2.20. The minimum Gasteiger partial charge on any atom is -0.493 e. The fraction of sp³-hybridized carbons (Fsp3) is 0.321. The predicted octanol–water partition coefficient (Wildman–Crippen LogP) is 6.55. The molecule has 1 amide bonds. The number of nitrogens with zero attached hydrogens (tertiary/aromatic N) is 2. The van der Waals surface area contributed by atoms with E-state index in [9.17, 15) is 13.2 Å². The molecule has 1 unspecified atom stereocenters. The van der Waals surface area contributed by atoms with Crippen molar-refractivity contribution in [1.29, 1.82) is 0 Å². The molecule has 3 aromatic carbocycles. The van der Waals surface area contributed by atoms with Gasteiger partial charge in [-0.3, -0.25) is 4.79 Å². The molecule has 4 rings (SSSR count). The second kappa shape index (κ2) is 12.3. The van der Waals surface area contributed by atoms with Crippen molar-refractivity contribution in [3.8, 4) is 5.75 Å². The molecule has 1 heterocycles. The molecule has 0 bridgehead atoms. The molecule has 1 aliphatic heterocycles. The number of amides is 1. The Kier molecular flexibility index (Phi) is 9.27. The van der Waals surface area contributed by atoms with E-state index in [0.717, 1.165) is 5.56 Å². The lowest BCUT2D eigenvalue weighted by atomic mass is 9.78. The monoisotopic (exact) mass is 594 g/mol. The molecule has 0 saturated carbocycles. The third-order valence-electron chi connectivity index (χ3n) is 6.71. The van der Waals surface area contributed by atoms with E-state index in [4.69, 9.17) is 39.5 Å². The number of hydrogen-bond donors (Lipinski definition) is 0. The number of rotatable bonds is 9. The van der Waals surface area contributed by atoms with Gasteiger partial charge in [-0.1, -0.05) is 65.1 Å². The summed E-state index contributed by atoms with van der Waals surface area (Å²) in [6.45, 7) is 1.03. The molecule has 6 nitrogen and oxygen atoms in total. The number of benzene rings is 3. The van der Waals surface area contributed by atoms with Gasteiger partial charge in [-0.2, -0.15) is 4.31 Å². The maximum Gasteiger partial charge on any atom is 0.244 e. The molecular formula is C28H29Cl3N2O4S. The number of sulfonamides is 1. The summed E-state index contributed by atoms with van der Waals surface area (Å²) in [5.41, 5.74) is 0.260. The van der Waals surface area contributed by atoms with Gasteiger partial charge in [0.2, 0.25) is 15.9 Å². The Morgan fingerprint density at radius 3 is 2.39 bits per heavy atom. The molecule has 1 aliphatic rings. The third kappa shape index (κ3) is 7.01. The maximum absolute atomic E-state index is 13.7. The lowest BCUT2D eigenvalue weighted by Gasteiger charge is -2.42. The fourth-order valence-electron chi connectivity index (χ4n) is 4.66. The lowest BCUT2D eigenvalue weighted by molar-refractivity contribution is -0.134. The Balaban J connectivity index is 1.59. The summed E-state index contributed by atoms with van der Waals surface area (Å²) < 4.78 is 34.8. The van der Waals surface area contributed by atoms with E-state index in [0.29, 0.717) is 36.7 Å². The van der Waals surface area contributed by atoms with E-state index in [2.05, 4.69) is 0 Å². The largest absolute Gasteiger partial charge is 0.493 e. The summed E-state index contributed by atoms with van der Waals surface area (Å²) in [5, 5.41) is 0.958. The van der Waals surface area contributed by atoms with Crippen LogP contribution in [0.2, 0.25) is 15.1 Å². The van der Waals surface area contributed by atoms with Crippen LogP contribution in [-0.4, -0.2) is 50.3 Å². The number of carbonyl (C=O) groups is 1. The van der Waals surface area contributed by atoms with Crippen molar-refractivity contribution >= 4 is 50.7 Å². The second-order valence-corrected chi connectivity index (χ2v) is 12.9. The number of piperidine rings is 1. The smallest absolute Gasteiger partial charge is 0.244 e. The van der Waals surface area contributed by atoms with E-state index >= 15 is 0 Å². The van der Waals surface area contributed by atoms with Gasteiger partial charge in [-0.15, -0.1) is 0 Å². The van der Waals surface area contributed by atoms with Gasteiger partial charge in [0.25, 0.3) is 0 Å². The van der Waals surface area contributed by atoms with E-state index < -0.39 is 15.4 Å². The second-order valence-electron chi connectivity index (χ2n) is 9.67.